The Kier molecular flexibility index (Phi) is 5.02. The number of nitro benzene ring substituents is 2. The predicted molar refractivity (Wildman–Crippen MR) is 93.5 cm³/mol. The van der Waals surface area contributed by atoms with Crippen molar-refractivity contribution < 1.29 is 29.2 Å². The van der Waals surface area contributed by atoms with Crippen LogP contribution in [0.2, 0.25) is 0 Å². The van der Waals surface area contributed by atoms with Crippen LogP contribution in [0, 0.1) is 20.2 Å². The lowest BCUT2D eigenvalue weighted by atomic mass is 10.1. The Labute approximate surface area is 156 Å². The summed E-state index contributed by atoms with van der Waals surface area (Å²) in [4.78, 5) is 32.1. The average molecular weight is 388 g/mol. The second-order valence-corrected chi connectivity index (χ2v) is 5.52. The number of hydrogen-bond acceptors (Lipinski definition) is 9. The number of non-ortho nitro benzene ring substituents is 1. The molecular weight excluding hydrogens is 376 g/mol. The van der Waals surface area contributed by atoms with Crippen LogP contribution in [0.1, 0.15) is 5.56 Å². The highest BCUT2D eigenvalue weighted by Crippen LogP contribution is 2.33. The van der Waals surface area contributed by atoms with Gasteiger partial charge in [0.15, 0.2) is 11.5 Å². The number of phenols is 1. The molecule has 0 bridgehead atoms. The smallest absolute Gasteiger partial charge is 0.318 e. The van der Waals surface area contributed by atoms with E-state index < -0.39 is 39.0 Å². The summed E-state index contributed by atoms with van der Waals surface area (Å²) in [5.41, 5.74) is 0.347. The molecule has 1 heterocycles. The maximum absolute atomic E-state index is 12.1. The highest BCUT2D eigenvalue weighted by Gasteiger charge is 2.27. The van der Waals surface area contributed by atoms with Crippen LogP contribution in [-0.2, 0) is 4.79 Å². The molecule has 1 unspecified atom stereocenters. The van der Waals surface area contributed by atoms with Crippen molar-refractivity contribution in [2.75, 3.05) is 6.61 Å². The zero-order chi connectivity index (χ0) is 20.3. The molecule has 1 aliphatic rings. The van der Waals surface area contributed by atoms with Crippen LogP contribution < -0.4 is 14.9 Å². The highest BCUT2D eigenvalue weighted by atomic mass is 16.6. The fraction of sp³-hybridized carbons (Fsp3) is 0.125. The Balaban J connectivity index is 1.73. The number of amides is 1. The first-order valence-electron chi connectivity index (χ1n) is 7.74. The van der Waals surface area contributed by atoms with Gasteiger partial charge in [0.25, 0.3) is 11.6 Å². The van der Waals surface area contributed by atoms with Gasteiger partial charge in [-0.2, -0.15) is 5.10 Å². The SMILES string of the molecule is O=C(N/N=C/c1cc([N+](=O)[O-])cc([N+](=O)[O-])c1O)C1COc2ccccc2O1. The van der Waals surface area contributed by atoms with Crippen LogP contribution in [-0.4, -0.2) is 39.8 Å². The molecule has 0 spiro atoms. The molecule has 0 saturated heterocycles. The normalized spacial score (nSPS) is 15.2. The lowest BCUT2D eigenvalue weighted by molar-refractivity contribution is -0.394. The first-order chi connectivity index (χ1) is 13.4. The van der Waals surface area contributed by atoms with E-state index in [-0.39, 0.29) is 12.2 Å². The molecule has 1 amide bonds. The number of carbonyl (C=O) groups excluding carboxylic acids is 1. The molecule has 28 heavy (non-hydrogen) atoms. The maximum atomic E-state index is 12.1. The van der Waals surface area contributed by atoms with Gasteiger partial charge in [0.1, 0.15) is 6.61 Å². The fourth-order valence-corrected chi connectivity index (χ4v) is 2.35. The van der Waals surface area contributed by atoms with Crippen molar-refractivity contribution in [1.82, 2.24) is 5.43 Å². The Hall–Kier alpha value is -4.22. The van der Waals surface area contributed by atoms with E-state index in [0.29, 0.717) is 17.6 Å². The van der Waals surface area contributed by atoms with E-state index >= 15 is 0 Å². The Bertz CT molecular complexity index is 991. The van der Waals surface area contributed by atoms with Crippen LogP contribution in [0.3, 0.4) is 0 Å². The van der Waals surface area contributed by atoms with Gasteiger partial charge >= 0.3 is 5.69 Å². The van der Waals surface area contributed by atoms with Crippen LogP contribution >= 0.6 is 0 Å². The molecule has 0 fully saturated rings. The molecule has 0 radical (unpaired) electrons. The van der Waals surface area contributed by atoms with Crippen LogP contribution in [0.4, 0.5) is 11.4 Å². The van der Waals surface area contributed by atoms with Crippen LogP contribution in [0.15, 0.2) is 41.5 Å². The number of aromatic hydroxyl groups is 1. The van der Waals surface area contributed by atoms with E-state index in [1.165, 1.54) is 0 Å². The average Bonchev–Trinajstić information content (AvgIpc) is 2.68. The van der Waals surface area contributed by atoms with Gasteiger partial charge in [-0.15, -0.1) is 0 Å². The van der Waals surface area contributed by atoms with Crippen molar-refractivity contribution in [2.45, 2.75) is 6.10 Å². The maximum Gasteiger partial charge on any atom is 0.318 e. The van der Waals surface area contributed by atoms with Crippen molar-refractivity contribution in [1.29, 1.82) is 0 Å². The Morgan fingerprint density at radius 1 is 1.21 bits per heavy atom. The molecule has 12 heteroatoms. The van der Waals surface area contributed by atoms with Gasteiger partial charge in [-0.1, -0.05) is 12.1 Å². The van der Waals surface area contributed by atoms with Gasteiger partial charge in [0.2, 0.25) is 11.9 Å². The number of fused-ring (bicyclic) bond motifs is 1. The molecule has 2 aromatic carbocycles. The lowest BCUT2D eigenvalue weighted by Gasteiger charge is -2.24. The van der Waals surface area contributed by atoms with Gasteiger partial charge in [-0.25, -0.2) is 5.43 Å². The summed E-state index contributed by atoms with van der Waals surface area (Å²) in [7, 11) is 0. The summed E-state index contributed by atoms with van der Waals surface area (Å²) in [6, 6.07) is 8.26. The fourth-order valence-electron chi connectivity index (χ4n) is 2.35. The van der Waals surface area contributed by atoms with Gasteiger partial charge < -0.3 is 14.6 Å². The van der Waals surface area contributed by atoms with Crippen molar-refractivity contribution in [3.05, 3.63) is 62.2 Å². The Morgan fingerprint density at radius 2 is 1.93 bits per heavy atom. The van der Waals surface area contributed by atoms with Crippen LogP contribution in [0.25, 0.3) is 0 Å². The summed E-state index contributed by atoms with van der Waals surface area (Å²) in [5.74, 6) is -0.626. The zero-order valence-corrected chi connectivity index (χ0v) is 14.0. The Morgan fingerprint density at radius 3 is 2.61 bits per heavy atom. The zero-order valence-electron chi connectivity index (χ0n) is 14.0. The second kappa shape index (κ2) is 7.57. The van der Waals surface area contributed by atoms with E-state index in [1.807, 2.05) is 0 Å². The van der Waals surface area contributed by atoms with E-state index in [9.17, 15) is 30.1 Å². The monoisotopic (exact) mass is 388 g/mol. The minimum Gasteiger partial charge on any atom is -0.502 e. The molecule has 0 aromatic heterocycles. The summed E-state index contributed by atoms with van der Waals surface area (Å²) >= 11 is 0. The van der Waals surface area contributed by atoms with E-state index in [2.05, 4.69) is 10.5 Å². The van der Waals surface area contributed by atoms with E-state index in [0.717, 1.165) is 12.3 Å². The standard InChI is InChI=1S/C16H12N4O8/c21-15-9(5-10(19(23)24)6-11(15)20(25)26)7-17-18-16(22)14-8-27-12-3-1-2-4-13(12)28-14/h1-7,14,21H,8H2,(H,18,22)/b17-7+. The molecule has 0 saturated carbocycles. The summed E-state index contributed by atoms with van der Waals surface area (Å²) in [6.07, 6.45) is -0.148. The number of nitrogens with zero attached hydrogens (tertiary/aromatic N) is 3. The number of hydrazone groups is 1. The minimum atomic E-state index is -1.000. The number of nitro groups is 2. The highest BCUT2D eigenvalue weighted by molar-refractivity contribution is 5.89. The topological polar surface area (TPSA) is 166 Å². The number of hydrogen-bond donors (Lipinski definition) is 2. The molecule has 2 aromatic rings. The minimum absolute atomic E-state index is 0.0636. The summed E-state index contributed by atoms with van der Waals surface area (Å²) < 4.78 is 10.9. The third-order valence-electron chi connectivity index (χ3n) is 3.69. The molecular formula is C16H12N4O8. The molecule has 3 rings (SSSR count). The first-order valence-corrected chi connectivity index (χ1v) is 7.74. The van der Waals surface area contributed by atoms with Gasteiger partial charge in [-0.05, 0) is 12.1 Å². The summed E-state index contributed by atoms with van der Waals surface area (Å²) in [6.45, 7) is -0.0636. The van der Waals surface area contributed by atoms with Crippen molar-refractivity contribution in [3.8, 4) is 17.2 Å². The quantitative estimate of drug-likeness (QED) is 0.441. The molecule has 144 valence electrons. The van der Waals surface area contributed by atoms with E-state index in [1.54, 1.807) is 24.3 Å². The number of para-hydroxylation sites is 2. The molecule has 2 N–H and O–H groups in total. The number of carbonyl (C=O) groups is 1. The third kappa shape index (κ3) is 3.80. The first kappa shape index (κ1) is 18.6. The van der Waals surface area contributed by atoms with Gasteiger partial charge in [0.05, 0.1) is 27.7 Å². The number of phenolic OH excluding ortho intramolecular Hbond substituents is 1. The lowest BCUT2D eigenvalue weighted by Crippen LogP contribution is -2.42. The molecule has 0 aliphatic carbocycles. The molecule has 1 aliphatic heterocycles. The van der Waals surface area contributed by atoms with Crippen molar-refractivity contribution >= 4 is 23.5 Å². The number of ether oxygens (including phenoxy) is 2. The van der Waals surface area contributed by atoms with Crippen LogP contribution in [0.5, 0.6) is 17.2 Å². The number of benzene rings is 2. The number of nitrogens with one attached hydrogen (secondary N) is 1. The third-order valence-corrected chi connectivity index (χ3v) is 3.69. The largest absolute Gasteiger partial charge is 0.502 e. The van der Waals surface area contributed by atoms with Gasteiger partial charge in [-0.3, -0.25) is 25.0 Å². The molecule has 12 nitrogen and oxygen atoms in total. The predicted octanol–water partition coefficient (Wildman–Crippen LogP) is 1.50. The van der Waals surface area contributed by atoms with Gasteiger partial charge in [0, 0.05) is 6.07 Å². The number of rotatable bonds is 5. The van der Waals surface area contributed by atoms with Crippen molar-refractivity contribution in [3.63, 3.8) is 0 Å². The second-order valence-electron chi connectivity index (χ2n) is 5.52. The molecule has 1 atom stereocenters. The van der Waals surface area contributed by atoms with E-state index in [4.69, 9.17) is 9.47 Å². The van der Waals surface area contributed by atoms with Crippen molar-refractivity contribution in [2.24, 2.45) is 5.10 Å². The summed E-state index contributed by atoms with van der Waals surface area (Å²) in [5, 5.41) is 35.2.